The van der Waals surface area contributed by atoms with E-state index < -0.39 is 11.7 Å². The van der Waals surface area contributed by atoms with Crippen LogP contribution in [0.5, 0.6) is 10.9 Å². The van der Waals surface area contributed by atoms with Gasteiger partial charge in [0.2, 0.25) is 0 Å². The molecule has 2 aromatic rings. The highest BCUT2D eigenvalue weighted by Crippen LogP contribution is 2.28. The Morgan fingerprint density at radius 2 is 2.00 bits per heavy atom. The van der Waals surface area contributed by atoms with Crippen LogP contribution in [0.2, 0.25) is 0 Å². The molecule has 1 amide bonds. The number of ether oxygens (including phenoxy) is 2. The number of thiazole rings is 1. The highest BCUT2D eigenvalue weighted by Gasteiger charge is 2.16. The van der Waals surface area contributed by atoms with Gasteiger partial charge in [0.05, 0.1) is 11.1 Å². The smallest absolute Gasteiger partial charge is 0.412 e. The van der Waals surface area contributed by atoms with Crippen LogP contribution < -0.4 is 10.1 Å². The van der Waals surface area contributed by atoms with E-state index in [-0.39, 0.29) is 5.17 Å². The van der Waals surface area contributed by atoms with Crippen LogP contribution in [-0.2, 0) is 4.74 Å². The summed E-state index contributed by atoms with van der Waals surface area (Å²) in [4.78, 5) is 16.2. The molecule has 2 rings (SSSR count). The Bertz CT molecular complexity index is 738. The molecular weight excluding hydrogens is 354 g/mol. The number of carbonyl (C=O) groups excluding carboxylic acids is 1. The van der Waals surface area contributed by atoms with Crippen molar-refractivity contribution in [3.63, 3.8) is 0 Å². The molecule has 7 nitrogen and oxygen atoms in total. The lowest BCUT2D eigenvalue weighted by atomic mass is 10.2. The standard InChI is InChI=1S/C15H16ClN3O4S/c1-15(2,3)23-13(20)18-9-4-6-10(7-5-9)22-14-17-8-11(24-14)12(16)19-21/h4-8,21H,1-3H3,(H,18,20)/b19-12-. The van der Waals surface area contributed by atoms with E-state index in [4.69, 9.17) is 26.3 Å². The topological polar surface area (TPSA) is 93.0 Å². The molecule has 2 N–H and O–H groups in total. The van der Waals surface area contributed by atoms with E-state index in [0.717, 1.165) is 11.3 Å². The molecule has 0 aliphatic heterocycles. The van der Waals surface area contributed by atoms with Gasteiger partial charge in [-0.25, -0.2) is 9.78 Å². The third-order valence-electron chi connectivity index (χ3n) is 2.48. The molecule has 0 bridgehead atoms. The van der Waals surface area contributed by atoms with E-state index in [0.29, 0.717) is 21.5 Å². The number of aromatic nitrogens is 1. The number of amides is 1. The summed E-state index contributed by atoms with van der Waals surface area (Å²) in [5.41, 5.74) is 0.0151. The Labute approximate surface area is 147 Å². The van der Waals surface area contributed by atoms with Gasteiger partial charge in [0.15, 0.2) is 5.17 Å². The van der Waals surface area contributed by atoms with Crippen LogP contribution in [0.15, 0.2) is 35.6 Å². The Balaban J connectivity index is 1.97. The molecule has 0 saturated heterocycles. The average molecular weight is 370 g/mol. The lowest BCUT2D eigenvalue weighted by molar-refractivity contribution is 0.0636. The second-order valence-corrected chi connectivity index (χ2v) is 6.99. The zero-order valence-corrected chi connectivity index (χ0v) is 14.8. The van der Waals surface area contributed by atoms with E-state index in [2.05, 4.69) is 15.5 Å². The zero-order chi connectivity index (χ0) is 17.7. The van der Waals surface area contributed by atoms with Crippen molar-refractivity contribution in [2.75, 3.05) is 5.32 Å². The van der Waals surface area contributed by atoms with Crippen molar-refractivity contribution in [3.8, 4) is 10.9 Å². The maximum atomic E-state index is 11.7. The molecule has 0 aliphatic carbocycles. The van der Waals surface area contributed by atoms with Gasteiger partial charge in [-0.3, -0.25) is 5.32 Å². The summed E-state index contributed by atoms with van der Waals surface area (Å²) < 4.78 is 10.7. The van der Waals surface area contributed by atoms with Crippen molar-refractivity contribution in [2.45, 2.75) is 26.4 Å². The van der Waals surface area contributed by atoms with Gasteiger partial charge in [-0.15, -0.1) is 0 Å². The number of carbonyl (C=O) groups is 1. The number of anilines is 1. The van der Waals surface area contributed by atoms with Gasteiger partial charge in [-0.05, 0) is 45.0 Å². The quantitative estimate of drug-likeness (QED) is 0.464. The summed E-state index contributed by atoms with van der Waals surface area (Å²) in [6, 6.07) is 6.71. The number of rotatable bonds is 4. The molecule has 0 unspecified atom stereocenters. The first kappa shape index (κ1) is 18.0. The molecule has 0 fully saturated rings. The fourth-order valence-corrected chi connectivity index (χ4v) is 2.40. The number of halogens is 1. The monoisotopic (exact) mass is 369 g/mol. The fraction of sp³-hybridized carbons (Fsp3) is 0.267. The summed E-state index contributed by atoms with van der Waals surface area (Å²) in [6.07, 6.45) is 0.916. The molecular formula is C15H16ClN3O4S. The maximum Gasteiger partial charge on any atom is 0.412 e. The van der Waals surface area contributed by atoms with Gasteiger partial charge in [0.1, 0.15) is 11.4 Å². The molecule has 128 valence electrons. The minimum Gasteiger partial charge on any atom is -0.444 e. The first-order valence-electron chi connectivity index (χ1n) is 6.88. The Kier molecular flexibility index (Phi) is 5.63. The van der Waals surface area contributed by atoms with E-state index in [1.165, 1.54) is 6.20 Å². The van der Waals surface area contributed by atoms with E-state index in [1.54, 1.807) is 45.0 Å². The second-order valence-electron chi connectivity index (χ2n) is 5.63. The Morgan fingerprint density at radius 3 is 2.58 bits per heavy atom. The third-order valence-corrected chi connectivity index (χ3v) is 3.75. The highest BCUT2D eigenvalue weighted by atomic mass is 35.5. The molecule has 9 heteroatoms. The van der Waals surface area contributed by atoms with Crippen molar-refractivity contribution >= 4 is 39.9 Å². The van der Waals surface area contributed by atoms with Gasteiger partial charge in [-0.2, -0.15) is 0 Å². The van der Waals surface area contributed by atoms with E-state index in [9.17, 15) is 4.79 Å². The zero-order valence-electron chi connectivity index (χ0n) is 13.2. The predicted octanol–water partition coefficient (Wildman–Crippen LogP) is 4.66. The van der Waals surface area contributed by atoms with Crippen molar-refractivity contribution in [1.82, 2.24) is 4.98 Å². The highest BCUT2D eigenvalue weighted by molar-refractivity contribution is 7.17. The lowest BCUT2D eigenvalue weighted by Crippen LogP contribution is -2.27. The number of benzene rings is 1. The van der Waals surface area contributed by atoms with Crippen LogP contribution >= 0.6 is 22.9 Å². The number of hydrogen-bond donors (Lipinski definition) is 2. The van der Waals surface area contributed by atoms with Gasteiger partial charge >= 0.3 is 6.09 Å². The van der Waals surface area contributed by atoms with E-state index >= 15 is 0 Å². The number of oxime groups is 1. The molecule has 0 atom stereocenters. The van der Waals surface area contributed by atoms with Gasteiger partial charge in [0, 0.05) is 5.69 Å². The lowest BCUT2D eigenvalue weighted by Gasteiger charge is -2.19. The van der Waals surface area contributed by atoms with Crippen molar-refractivity contribution in [2.24, 2.45) is 5.16 Å². The molecule has 0 radical (unpaired) electrons. The van der Waals surface area contributed by atoms with Crippen LogP contribution in [0.3, 0.4) is 0 Å². The number of hydrogen-bond acceptors (Lipinski definition) is 7. The Hall–Kier alpha value is -2.32. The first-order valence-corrected chi connectivity index (χ1v) is 8.08. The second kappa shape index (κ2) is 7.50. The average Bonchev–Trinajstić information content (AvgIpc) is 2.95. The van der Waals surface area contributed by atoms with Crippen molar-refractivity contribution in [1.29, 1.82) is 0 Å². The molecule has 1 heterocycles. The minimum absolute atomic E-state index is 0.0562. The summed E-state index contributed by atoms with van der Waals surface area (Å²) in [5, 5.41) is 14.4. The van der Waals surface area contributed by atoms with Crippen LogP contribution in [0.4, 0.5) is 10.5 Å². The predicted molar refractivity (Wildman–Crippen MR) is 92.7 cm³/mol. The van der Waals surface area contributed by atoms with Crippen LogP contribution in [0.1, 0.15) is 25.6 Å². The normalized spacial score (nSPS) is 11.9. The van der Waals surface area contributed by atoms with Crippen LogP contribution in [-0.4, -0.2) is 27.1 Å². The summed E-state index contributed by atoms with van der Waals surface area (Å²) in [7, 11) is 0. The Morgan fingerprint density at radius 1 is 1.33 bits per heavy atom. The molecule has 0 spiro atoms. The van der Waals surface area contributed by atoms with E-state index in [1.807, 2.05) is 0 Å². The van der Waals surface area contributed by atoms with Gasteiger partial charge in [0.25, 0.3) is 5.19 Å². The largest absolute Gasteiger partial charge is 0.444 e. The first-order chi connectivity index (χ1) is 11.3. The SMILES string of the molecule is CC(C)(C)OC(=O)Nc1ccc(Oc2ncc(/C(Cl)=N/O)s2)cc1. The summed E-state index contributed by atoms with van der Waals surface area (Å²) in [6.45, 7) is 5.37. The molecule has 1 aromatic carbocycles. The minimum atomic E-state index is -0.561. The van der Waals surface area contributed by atoms with Gasteiger partial charge in [-0.1, -0.05) is 28.1 Å². The van der Waals surface area contributed by atoms with Gasteiger partial charge < -0.3 is 14.7 Å². The third kappa shape index (κ3) is 5.39. The van der Waals surface area contributed by atoms with Crippen LogP contribution in [0.25, 0.3) is 0 Å². The van der Waals surface area contributed by atoms with Crippen LogP contribution in [0, 0.1) is 0 Å². The summed E-state index contributed by atoms with van der Waals surface area (Å²) >= 11 is 6.82. The molecule has 24 heavy (non-hydrogen) atoms. The number of nitrogens with zero attached hydrogens (tertiary/aromatic N) is 2. The molecule has 0 saturated carbocycles. The van der Waals surface area contributed by atoms with Crippen molar-refractivity contribution in [3.05, 3.63) is 35.3 Å². The number of nitrogens with one attached hydrogen (secondary N) is 1. The summed E-state index contributed by atoms with van der Waals surface area (Å²) in [5.74, 6) is 0.530. The molecule has 0 aliphatic rings. The van der Waals surface area contributed by atoms with Crippen molar-refractivity contribution < 1.29 is 19.5 Å². The molecule has 1 aromatic heterocycles. The fourth-order valence-electron chi connectivity index (χ4n) is 1.58. The maximum absolute atomic E-state index is 11.7.